The van der Waals surface area contributed by atoms with Crippen molar-refractivity contribution < 1.29 is 4.39 Å². The lowest BCUT2D eigenvalue weighted by Gasteiger charge is -2.21. The van der Waals surface area contributed by atoms with Gasteiger partial charge in [0.15, 0.2) is 5.82 Å². The van der Waals surface area contributed by atoms with Gasteiger partial charge in [-0.1, -0.05) is 19.8 Å². The molecule has 2 atom stereocenters. The predicted molar refractivity (Wildman–Crippen MR) is 76.4 cm³/mol. The number of nitrogens with one attached hydrogen (secondary N) is 1. The third-order valence-corrected chi connectivity index (χ3v) is 4.15. The lowest BCUT2D eigenvalue weighted by Crippen LogP contribution is -2.23. The van der Waals surface area contributed by atoms with Crippen LogP contribution in [0.15, 0.2) is 30.9 Å². The van der Waals surface area contributed by atoms with Crippen molar-refractivity contribution in [3.05, 3.63) is 36.7 Å². The molecule has 1 fully saturated rings. The van der Waals surface area contributed by atoms with E-state index in [1.165, 1.54) is 43.0 Å². The highest BCUT2D eigenvalue weighted by Gasteiger charge is 2.25. The molecule has 1 saturated carbocycles. The van der Waals surface area contributed by atoms with Crippen LogP contribution in [-0.2, 0) is 0 Å². The van der Waals surface area contributed by atoms with Crippen LogP contribution in [0.25, 0.3) is 5.69 Å². The first-order chi connectivity index (χ1) is 9.78. The maximum Gasteiger partial charge on any atom is 0.150 e. The van der Waals surface area contributed by atoms with Gasteiger partial charge < -0.3 is 5.32 Å². The Morgan fingerprint density at radius 1 is 1.40 bits per heavy atom. The van der Waals surface area contributed by atoms with E-state index in [2.05, 4.69) is 22.3 Å². The molecular formula is C15H19FN4. The molecule has 0 spiro atoms. The summed E-state index contributed by atoms with van der Waals surface area (Å²) in [4.78, 5) is 3.84. The number of hydrogen-bond donors (Lipinski definition) is 1. The molecule has 0 saturated heterocycles. The van der Waals surface area contributed by atoms with Gasteiger partial charge >= 0.3 is 0 Å². The molecule has 1 N–H and O–H groups in total. The highest BCUT2D eigenvalue weighted by atomic mass is 19.1. The average Bonchev–Trinajstić information content (AvgIpc) is 3.09. The number of nitrogens with zero attached hydrogens (tertiary/aromatic N) is 3. The molecule has 1 aromatic carbocycles. The molecular weight excluding hydrogens is 255 g/mol. The summed E-state index contributed by atoms with van der Waals surface area (Å²) < 4.78 is 15.6. The summed E-state index contributed by atoms with van der Waals surface area (Å²) in [5.74, 6) is 0.416. The van der Waals surface area contributed by atoms with Crippen molar-refractivity contribution in [3.8, 4) is 5.69 Å². The van der Waals surface area contributed by atoms with E-state index in [1.807, 2.05) is 6.07 Å². The maximum absolute atomic E-state index is 14.1. The summed E-state index contributed by atoms with van der Waals surface area (Å²) in [7, 11) is 0. The minimum absolute atomic E-state index is 0.286. The summed E-state index contributed by atoms with van der Waals surface area (Å²) in [6.45, 7) is 2.22. The Balaban J connectivity index is 1.77. The molecule has 1 heterocycles. The van der Waals surface area contributed by atoms with Crippen molar-refractivity contribution >= 4 is 5.69 Å². The fraction of sp³-hybridized carbons (Fsp3) is 0.467. The van der Waals surface area contributed by atoms with E-state index in [0.717, 1.165) is 5.69 Å². The van der Waals surface area contributed by atoms with Crippen molar-refractivity contribution in [1.82, 2.24) is 14.8 Å². The first kappa shape index (κ1) is 13.1. The molecule has 0 amide bonds. The molecule has 0 bridgehead atoms. The fourth-order valence-corrected chi connectivity index (χ4v) is 3.04. The van der Waals surface area contributed by atoms with Gasteiger partial charge in [-0.05, 0) is 37.0 Å². The zero-order valence-electron chi connectivity index (χ0n) is 11.6. The lowest BCUT2D eigenvalue weighted by molar-refractivity contribution is 0.489. The van der Waals surface area contributed by atoms with Crippen molar-refractivity contribution in [3.63, 3.8) is 0 Å². The van der Waals surface area contributed by atoms with Crippen molar-refractivity contribution in [2.45, 2.75) is 38.6 Å². The van der Waals surface area contributed by atoms with Crippen LogP contribution in [0.2, 0.25) is 0 Å². The summed E-state index contributed by atoms with van der Waals surface area (Å²) in [5.41, 5.74) is 1.27. The Morgan fingerprint density at radius 2 is 2.30 bits per heavy atom. The normalized spacial score (nSPS) is 22.1. The summed E-state index contributed by atoms with van der Waals surface area (Å²) in [5, 5.41) is 7.42. The zero-order valence-corrected chi connectivity index (χ0v) is 11.6. The molecule has 2 unspecified atom stereocenters. The monoisotopic (exact) mass is 274 g/mol. The van der Waals surface area contributed by atoms with Crippen molar-refractivity contribution in [2.24, 2.45) is 5.92 Å². The van der Waals surface area contributed by atoms with Crippen LogP contribution in [0, 0.1) is 11.7 Å². The van der Waals surface area contributed by atoms with E-state index >= 15 is 0 Å². The molecule has 2 aromatic rings. The molecule has 3 rings (SSSR count). The second-order valence-electron chi connectivity index (χ2n) is 5.36. The van der Waals surface area contributed by atoms with Crippen molar-refractivity contribution in [1.29, 1.82) is 0 Å². The molecule has 106 valence electrons. The Morgan fingerprint density at radius 3 is 3.00 bits per heavy atom. The Kier molecular flexibility index (Phi) is 3.67. The zero-order chi connectivity index (χ0) is 13.9. The second kappa shape index (κ2) is 5.61. The first-order valence-electron chi connectivity index (χ1n) is 7.19. The number of aromatic nitrogens is 3. The lowest BCUT2D eigenvalue weighted by atomic mass is 10.0. The second-order valence-corrected chi connectivity index (χ2v) is 5.36. The van der Waals surface area contributed by atoms with E-state index in [9.17, 15) is 4.39 Å². The fourth-order valence-electron chi connectivity index (χ4n) is 3.04. The molecule has 0 aliphatic heterocycles. The van der Waals surface area contributed by atoms with Crippen LogP contribution in [-0.4, -0.2) is 20.8 Å². The molecule has 0 radical (unpaired) electrons. The molecule has 1 aliphatic carbocycles. The molecule has 1 aromatic heterocycles. The quantitative estimate of drug-likeness (QED) is 0.929. The summed E-state index contributed by atoms with van der Waals surface area (Å²) >= 11 is 0. The standard InChI is InChI=1S/C15H19FN4/c1-2-11-4-3-5-14(11)19-12-6-7-15(13(16)8-12)20-10-17-9-18-20/h6-11,14,19H,2-5H2,1H3. The van der Waals surface area contributed by atoms with E-state index in [4.69, 9.17) is 0 Å². The van der Waals surface area contributed by atoms with Crippen LogP contribution < -0.4 is 5.32 Å². The third-order valence-electron chi connectivity index (χ3n) is 4.15. The van der Waals surface area contributed by atoms with Gasteiger partial charge in [0.1, 0.15) is 18.3 Å². The number of anilines is 1. The van der Waals surface area contributed by atoms with E-state index < -0.39 is 0 Å². The van der Waals surface area contributed by atoms with Gasteiger partial charge in [-0.2, -0.15) is 5.10 Å². The number of rotatable bonds is 4. The van der Waals surface area contributed by atoms with E-state index in [1.54, 1.807) is 12.1 Å². The number of hydrogen-bond acceptors (Lipinski definition) is 3. The summed E-state index contributed by atoms with van der Waals surface area (Å²) in [6.07, 6.45) is 7.77. The SMILES string of the molecule is CCC1CCCC1Nc1ccc(-n2cncn2)c(F)c1. The minimum atomic E-state index is -0.286. The Hall–Kier alpha value is -1.91. The molecule has 5 heteroatoms. The number of benzene rings is 1. The minimum Gasteiger partial charge on any atom is -0.382 e. The highest BCUT2D eigenvalue weighted by Crippen LogP contribution is 2.31. The van der Waals surface area contributed by atoms with Gasteiger partial charge in [-0.3, -0.25) is 0 Å². The van der Waals surface area contributed by atoms with Crippen LogP contribution in [0.4, 0.5) is 10.1 Å². The number of halogens is 1. The van der Waals surface area contributed by atoms with Gasteiger partial charge in [-0.25, -0.2) is 14.1 Å². The third kappa shape index (κ3) is 2.53. The van der Waals surface area contributed by atoms with Crippen LogP contribution >= 0.6 is 0 Å². The van der Waals surface area contributed by atoms with Gasteiger partial charge in [0, 0.05) is 11.7 Å². The Labute approximate surface area is 118 Å². The Bertz CT molecular complexity index is 567. The smallest absolute Gasteiger partial charge is 0.150 e. The predicted octanol–water partition coefficient (Wildman–Crippen LogP) is 3.40. The van der Waals surface area contributed by atoms with Crippen LogP contribution in [0.1, 0.15) is 32.6 Å². The topological polar surface area (TPSA) is 42.7 Å². The maximum atomic E-state index is 14.1. The van der Waals surface area contributed by atoms with Gasteiger partial charge in [0.2, 0.25) is 0 Å². The molecule has 4 nitrogen and oxygen atoms in total. The van der Waals surface area contributed by atoms with Gasteiger partial charge in [0.05, 0.1) is 0 Å². The molecule has 20 heavy (non-hydrogen) atoms. The van der Waals surface area contributed by atoms with Crippen LogP contribution in [0.5, 0.6) is 0 Å². The van der Waals surface area contributed by atoms with E-state index in [0.29, 0.717) is 17.6 Å². The van der Waals surface area contributed by atoms with Crippen LogP contribution in [0.3, 0.4) is 0 Å². The van der Waals surface area contributed by atoms with Gasteiger partial charge in [0.25, 0.3) is 0 Å². The van der Waals surface area contributed by atoms with Gasteiger partial charge in [-0.15, -0.1) is 0 Å². The molecule has 1 aliphatic rings. The first-order valence-corrected chi connectivity index (χ1v) is 7.19. The largest absolute Gasteiger partial charge is 0.382 e. The highest BCUT2D eigenvalue weighted by molar-refractivity contribution is 5.50. The average molecular weight is 274 g/mol. The van der Waals surface area contributed by atoms with Crippen molar-refractivity contribution in [2.75, 3.05) is 5.32 Å². The summed E-state index contributed by atoms with van der Waals surface area (Å²) in [6, 6.07) is 5.66. The van der Waals surface area contributed by atoms with E-state index in [-0.39, 0.29) is 5.82 Å².